The smallest absolute Gasteiger partial charge is 0.118 e. The first-order valence-electron chi connectivity index (χ1n) is 9.05. The summed E-state index contributed by atoms with van der Waals surface area (Å²) in [5, 5.41) is 0. The van der Waals surface area contributed by atoms with E-state index in [2.05, 4.69) is 89.1 Å². The highest BCUT2D eigenvalue weighted by Gasteiger charge is 2.10. The molecular weight excluding hydrogens is 461 g/mol. The van der Waals surface area contributed by atoms with E-state index in [0.29, 0.717) is 0 Å². The molecule has 0 aromatic heterocycles. The van der Waals surface area contributed by atoms with Crippen molar-refractivity contribution in [2.45, 2.75) is 6.54 Å². The van der Waals surface area contributed by atoms with Crippen LogP contribution in [0.25, 0.3) is 11.8 Å². The Hall–Kier alpha value is -2.47. The van der Waals surface area contributed by atoms with Crippen LogP contribution in [0.2, 0.25) is 0 Å². The van der Waals surface area contributed by atoms with E-state index < -0.39 is 0 Å². The lowest BCUT2D eigenvalue weighted by atomic mass is 10.1. The molecule has 144 valence electrons. The van der Waals surface area contributed by atoms with Crippen molar-refractivity contribution in [1.29, 1.82) is 0 Å². The number of benzene rings is 3. The van der Waals surface area contributed by atoms with E-state index in [1.165, 1.54) is 14.7 Å². The molecule has 0 saturated carbocycles. The molecule has 0 bridgehead atoms. The predicted octanol–water partition coefficient (Wildman–Crippen LogP) is 5.94. The Bertz CT molecular complexity index is 934. The van der Waals surface area contributed by atoms with Crippen molar-refractivity contribution in [3.05, 3.63) is 93.1 Å². The van der Waals surface area contributed by atoms with E-state index in [1.807, 2.05) is 24.3 Å². The molecule has 0 fully saturated rings. The van der Waals surface area contributed by atoms with E-state index in [9.17, 15) is 0 Å². The van der Waals surface area contributed by atoms with Crippen LogP contribution >= 0.6 is 22.6 Å². The molecular formula is C24H24INO2. The lowest BCUT2D eigenvalue weighted by molar-refractivity contribution is 0.414. The topological polar surface area (TPSA) is 21.7 Å². The SMILES string of the molecule is COc1ccc(CN(C)/C(=C/c2ccccc2I)c2ccc(OC)cc2)cc1. The van der Waals surface area contributed by atoms with Gasteiger partial charge in [0.2, 0.25) is 0 Å². The largest absolute Gasteiger partial charge is 0.497 e. The maximum atomic E-state index is 5.32. The third-order valence-corrected chi connectivity index (χ3v) is 5.56. The lowest BCUT2D eigenvalue weighted by Gasteiger charge is -2.24. The average molecular weight is 485 g/mol. The number of hydrogen-bond acceptors (Lipinski definition) is 3. The summed E-state index contributed by atoms with van der Waals surface area (Å²) in [6, 6.07) is 24.8. The van der Waals surface area contributed by atoms with Gasteiger partial charge in [0.25, 0.3) is 0 Å². The quantitative estimate of drug-likeness (QED) is 0.306. The minimum atomic E-state index is 0.797. The first kappa shape index (κ1) is 20.3. The van der Waals surface area contributed by atoms with Crippen LogP contribution in [-0.4, -0.2) is 26.2 Å². The minimum Gasteiger partial charge on any atom is -0.497 e. The summed E-state index contributed by atoms with van der Waals surface area (Å²) >= 11 is 2.38. The number of halogens is 1. The molecule has 0 saturated heterocycles. The van der Waals surface area contributed by atoms with Crippen LogP contribution in [0, 0.1) is 3.57 Å². The molecule has 0 aliphatic heterocycles. The van der Waals surface area contributed by atoms with Crippen molar-refractivity contribution < 1.29 is 9.47 Å². The molecule has 3 aromatic rings. The van der Waals surface area contributed by atoms with Crippen LogP contribution in [0.3, 0.4) is 0 Å². The fourth-order valence-corrected chi connectivity index (χ4v) is 3.55. The van der Waals surface area contributed by atoms with Crippen molar-refractivity contribution in [3.8, 4) is 11.5 Å². The summed E-state index contributed by atoms with van der Waals surface area (Å²) in [6.07, 6.45) is 2.24. The molecule has 0 spiro atoms. The molecule has 0 unspecified atom stereocenters. The average Bonchev–Trinajstić information content (AvgIpc) is 2.74. The van der Waals surface area contributed by atoms with Gasteiger partial charge in [-0.05, 0) is 87.8 Å². The van der Waals surface area contributed by atoms with E-state index in [-0.39, 0.29) is 0 Å². The van der Waals surface area contributed by atoms with Gasteiger partial charge < -0.3 is 14.4 Å². The Balaban J connectivity index is 1.95. The van der Waals surface area contributed by atoms with Gasteiger partial charge in [0.15, 0.2) is 0 Å². The van der Waals surface area contributed by atoms with E-state index in [1.54, 1.807) is 14.2 Å². The normalized spacial score (nSPS) is 11.2. The molecule has 0 atom stereocenters. The standard InChI is InChI=1S/C24H24INO2/c1-26(17-18-8-12-21(27-2)13-9-18)24(16-20-6-4-5-7-23(20)25)19-10-14-22(28-3)15-11-19/h4-16H,17H2,1-3H3/b24-16+. The summed E-state index contributed by atoms with van der Waals surface area (Å²) < 4.78 is 11.8. The van der Waals surface area contributed by atoms with Gasteiger partial charge >= 0.3 is 0 Å². The molecule has 4 heteroatoms. The van der Waals surface area contributed by atoms with Gasteiger partial charge in [-0.3, -0.25) is 0 Å². The molecule has 0 N–H and O–H groups in total. The Morgan fingerprint density at radius 1 is 0.857 bits per heavy atom. The zero-order valence-corrected chi connectivity index (χ0v) is 18.5. The fraction of sp³-hybridized carbons (Fsp3) is 0.167. The first-order valence-corrected chi connectivity index (χ1v) is 10.1. The Labute approximate surface area is 180 Å². The van der Waals surface area contributed by atoms with Gasteiger partial charge in [-0.15, -0.1) is 0 Å². The van der Waals surface area contributed by atoms with Crippen molar-refractivity contribution >= 4 is 34.4 Å². The van der Waals surface area contributed by atoms with Crippen molar-refractivity contribution in [2.24, 2.45) is 0 Å². The molecule has 0 radical (unpaired) electrons. The molecule has 3 aromatic carbocycles. The van der Waals surface area contributed by atoms with Gasteiger partial charge in [0.1, 0.15) is 11.5 Å². The summed E-state index contributed by atoms with van der Waals surface area (Å²) in [5.41, 5.74) is 4.74. The van der Waals surface area contributed by atoms with E-state index in [0.717, 1.165) is 29.3 Å². The summed E-state index contributed by atoms with van der Waals surface area (Å²) in [6.45, 7) is 0.797. The summed E-state index contributed by atoms with van der Waals surface area (Å²) in [7, 11) is 5.50. The van der Waals surface area contributed by atoms with Gasteiger partial charge in [-0.1, -0.05) is 30.3 Å². The fourth-order valence-electron chi connectivity index (χ4n) is 3.01. The Morgan fingerprint density at radius 2 is 1.43 bits per heavy atom. The van der Waals surface area contributed by atoms with Crippen molar-refractivity contribution in [3.63, 3.8) is 0 Å². The highest BCUT2D eigenvalue weighted by atomic mass is 127. The van der Waals surface area contributed by atoms with Gasteiger partial charge in [-0.2, -0.15) is 0 Å². The molecule has 28 heavy (non-hydrogen) atoms. The maximum Gasteiger partial charge on any atom is 0.118 e. The van der Waals surface area contributed by atoms with Crippen LogP contribution in [0.15, 0.2) is 72.8 Å². The molecule has 3 rings (SSSR count). The van der Waals surface area contributed by atoms with E-state index in [4.69, 9.17) is 9.47 Å². The van der Waals surface area contributed by atoms with E-state index >= 15 is 0 Å². The second kappa shape index (κ2) is 9.64. The molecule has 0 heterocycles. The monoisotopic (exact) mass is 485 g/mol. The number of hydrogen-bond donors (Lipinski definition) is 0. The van der Waals surface area contributed by atoms with Gasteiger partial charge in [0.05, 0.1) is 14.2 Å². The Kier molecular flexibility index (Phi) is 6.98. The van der Waals surface area contributed by atoms with Crippen LogP contribution < -0.4 is 9.47 Å². The van der Waals surface area contributed by atoms with Crippen molar-refractivity contribution in [1.82, 2.24) is 4.90 Å². The summed E-state index contributed by atoms with van der Waals surface area (Å²) in [4.78, 5) is 2.27. The van der Waals surface area contributed by atoms with Crippen LogP contribution in [0.4, 0.5) is 0 Å². The first-order chi connectivity index (χ1) is 13.6. The van der Waals surface area contributed by atoms with Crippen LogP contribution in [-0.2, 0) is 6.54 Å². The highest BCUT2D eigenvalue weighted by Crippen LogP contribution is 2.27. The molecule has 3 nitrogen and oxygen atoms in total. The van der Waals surface area contributed by atoms with Crippen LogP contribution in [0.1, 0.15) is 16.7 Å². The molecule has 0 aliphatic rings. The zero-order chi connectivity index (χ0) is 19.9. The second-order valence-corrected chi connectivity index (χ2v) is 7.65. The third kappa shape index (κ3) is 5.07. The number of ether oxygens (including phenoxy) is 2. The molecule has 0 aliphatic carbocycles. The lowest BCUT2D eigenvalue weighted by Crippen LogP contribution is -2.16. The maximum absolute atomic E-state index is 5.32. The minimum absolute atomic E-state index is 0.797. The van der Waals surface area contributed by atoms with Crippen molar-refractivity contribution in [2.75, 3.05) is 21.3 Å². The Morgan fingerprint density at radius 3 is 2.00 bits per heavy atom. The number of methoxy groups -OCH3 is 2. The highest BCUT2D eigenvalue weighted by molar-refractivity contribution is 14.1. The van der Waals surface area contributed by atoms with Gasteiger partial charge in [0, 0.05) is 22.9 Å². The predicted molar refractivity (Wildman–Crippen MR) is 124 cm³/mol. The summed E-state index contributed by atoms with van der Waals surface area (Å²) in [5.74, 6) is 1.73. The van der Waals surface area contributed by atoms with Crippen LogP contribution in [0.5, 0.6) is 11.5 Å². The number of nitrogens with zero attached hydrogens (tertiary/aromatic N) is 1. The number of rotatable bonds is 7. The zero-order valence-electron chi connectivity index (χ0n) is 16.4. The van der Waals surface area contributed by atoms with Gasteiger partial charge in [-0.25, -0.2) is 0 Å². The molecule has 0 amide bonds. The third-order valence-electron chi connectivity index (χ3n) is 4.57. The second-order valence-electron chi connectivity index (χ2n) is 6.48.